The van der Waals surface area contributed by atoms with Crippen LogP contribution in [-0.4, -0.2) is 10.2 Å². The summed E-state index contributed by atoms with van der Waals surface area (Å²) >= 11 is 0. The average Bonchev–Trinajstić information content (AvgIpc) is 2.97. The Morgan fingerprint density at radius 3 is 2.68 bits per heavy atom. The molecule has 0 bridgehead atoms. The van der Waals surface area contributed by atoms with Gasteiger partial charge in [-0.05, 0) is 36.3 Å². The SMILES string of the molecule is Cc1cc(=O)oc2c(C(O)=CC=C3C=CC=C3)c(O)ccc12. The van der Waals surface area contributed by atoms with Gasteiger partial charge in [-0.1, -0.05) is 30.4 Å². The number of aryl methyl sites for hydroxylation is 1. The fourth-order valence-corrected chi connectivity index (χ4v) is 2.38. The molecule has 2 N–H and O–H groups in total. The summed E-state index contributed by atoms with van der Waals surface area (Å²) in [5.74, 6) is -0.316. The largest absolute Gasteiger partial charge is 0.507 e. The zero-order chi connectivity index (χ0) is 15.7. The normalized spacial score (nSPS) is 14.0. The van der Waals surface area contributed by atoms with E-state index in [1.54, 1.807) is 19.1 Å². The quantitative estimate of drug-likeness (QED) is 0.653. The highest BCUT2D eigenvalue weighted by Crippen LogP contribution is 2.32. The molecule has 0 spiro atoms. The molecule has 0 radical (unpaired) electrons. The van der Waals surface area contributed by atoms with Gasteiger partial charge in [0.15, 0.2) is 5.58 Å². The summed E-state index contributed by atoms with van der Waals surface area (Å²) in [6.07, 6.45) is 10.7. The highest BCUT2D eigenvalue weighted by atomic mass is 16.4. The van der Waals surface area contributed by atoms with Gasteiger partial charge in [-0.2, -0.15) is 0 Å². The Kier molecular flexibility index (Phi) is 3.43. The van der Waals surface area contributed by atoms with Crippen LogP contribution in [0.5, 0.6) is 5.75 Å². The molecule has 1 aromatic heterocycles. The molecular formula is C18H14O4. The summed E-state index contributed by atoms with van der Waals surface area (Å²) in [7, 11) is 0. The molecule has 110 valence electrons. The first-order chi connectivity index (χ1) is 10.6. The van der Waals surface area contributed by atoms with Gasteiger partial charge >= 0.3 is 5.63 Å². The minimum Gasteiger partial charge on any atom is -0.507 e. The summed E-state index contributed by atoms with van der Waals surface area (Å²) in [6, 6.07) is 4.50. The molecule has 0 aliphatic heterocycles. The van der Waals surface area contributed by atoms with Crippen LogP contribution >= 0.6 is 0 Å². The van der Waals surface area contributed by atoms with Gasteiger partial charge in [0.25, 0.3) is 0 Å². The van der Waals surface area contributed by atoms with Crippen molar-refractivity contribution < 1.29 is 14.6 Å². The van der Waals surface area contributed by atoms with E-state index in [-0.39, 0.29) is 22.7 Å². The van der Waals surface area contributed by atoms with Crippen LogP contribution in [0.1, 0.15) is 11.1 Å². The van der Waals surface area contributed by atoms with Crippen LogP contribution < -0.4 is 5.63 Å². The lowest BCUT2D eigenvalue weighted by atomic mass is 10.0. The number of aromatic hydroxyl groups is 1. The molecule has 1 aliphatic rings. The molecular weight excluding hydrogens is 280 g/mol. The van der Waals surface area contributed by atoms with Crippen LogP contribution in [-0.2, 0) is 0 Å². The number of allylic oxidation sites excluding steroid dienone is 7. The minimum atomic E-state index is -0.523. The Hall–Kier alpha value is -3.01. The second-order valence-corrected chi connectivity index (χ2v) is 5.02. The van der Waals surface area contributed by atoms with Crippen LogP contribution in [0.3, 0.4) is 0 Å². The maximum atomic E-state index is 11.6. The molecule has 0 fully saturated rings. The third kappa shape index (κ3) is 2.46. The van der Waals surface area contributed by atoms with Crippen molar-refractivity contribution >= 4 is 16.7 Å². The average molecular weight is 294 g/mol. The van der Waals surface area contributed by atoms with Gasteiger partial charge in [-0.25, -0.2) is 4.79 Å². The van der Waals surface area contributed by atoms with Gasteiger partial charge < -0.3 is 14.6 Å². The molecule has 3 rings (SSSR count). The highest BCUT2D eigenvalue weighted by Gasteiger charge is 2.15. The molecule has 1 aromatic carbocycles. The monoisotopic (exact) mass is 294 g/mol. The molecule has 4 heteroatoms. The minimum absolute atomic E-state index is 0.112. The summed E-state index contributed by atoms with van der Waals surface area (Å²) in [5.41, 5.74) is 1.41. The number of rotatable bonds is 2. The van der Waals surface area contributed by atoms with E-state index in [0.29, 0.717) is 5.39 Å². The zero-order valence-corrected chi connectivity index (χ0v) is 11.9. The molecule has 0 atom stereocenters. The molecule has 0 unspecified atom stereocenters. The Labute approximate surface area is 126 Å². The molecule has 4 nitrogen and oxygen atoms in total. The van der Waals surface area contributed by atoms with Crippen molar-refractivity contribution in [3.63, 3.8) is 0 Å². The number of hydrogen-bond donors (Lipinski definition) is 2. The fourth-order valence-electron chi connectivity index (χ4n) is 2.38. The summed E-state index contributed by atoms with van der Waals surface area (Å²) in [5, 5.41) is 21.0. The Morgan fingerprint density at radius 1 is 1.23 bits per heavy atom. The first-order valence-corrected chi connectivity index (χ1v) is 6.79. The molecule has 1 aliphatic carbocycles. The van der Waals surface area contributed by atoms with Crippen molar-refractivity contribution in [2.24, 2.45) is 0 Å². The van der Waals surface area contributed by atoms with Gasteiger partial charge in [0.1, 0.15) is 17.1 Å². The maximum Gasteiger partial charge on any atom is 0.336 e. The molecule has 2 aromatic rings. The first kappa shape index (κ1) is 13.9. The van der Waals surface area contributed by atoms with Gasteiger partial charge in [-0.3, -0.25) is 0 Å². The van der Waals surface area contributed by atoms with Crippen molar-refractivity contribution in [3.8, 4) is 5.75 Å². The second-order valence-electron chi connectivity index (χ2n) is 5.02. The lowest BCUT2D eigenvalue weighted by Gasteiger charge is -2.08. The highest BCUT2D eigenvalue weighted by molar-refractivity contribution is 5.92. The number of aliphatic hydroxyl groups excluding tert-OH is 1. The third-order valence-electron chi connectivity index (χ3n) is 3.48. The Balaban J connectivity index is 2.21. The van der Waals surface area contributed by atoms with E-state index in [1.165, 1.54) is 18.2 Å². The summed E-state index contributed by atoms with van der Waals surface area (Å²) in [4.78, 5) is 11.6. The van der Waals surface area contributed by atoms with Crippen LogP contribution in [0.15, 0.2) is 69.4 Å². The van der Waals surface area contributed by atoms with E-state index < -0.39 is 5.63 Å². The van der Waals surface area contributed by atoms with E-state index in [0.717, 1.165) is 11.1 Å². The van der Waals surface area contributed by atoms with E-state index in [4.69, 9.17) is 4.42 Å². The second kappa shape index (κ2) is 5.41. The van der Waals surface area contributed by atoms with E-state index in [1.807, 2.05) is 24.3 Å². The predicted molar refractivity (Wildman–Crippen MR) is 85.9 cm³/mol. The van der Waals surface area contributed by atoms with Crippen LogP contribution in [0, 0.1) is 6.92 Å². The van der Waals surface area contributed by atoms with Crippen molar-refractivity contribution in [2.75, 3.05) is 0 Å². The van der Waals surface area contributed by atoms with E-state index in [9.17, 15) is 15.0 Å². The lowest BCUT2D eigenvalue weighted by Crippen LogP contribution is -2.00. The van der Waals surface area contributed by atoms with Crippen LogP contribution in [0.2, 0.25) is 0 Å². The molecule has 22 heavy (non-hydrogen) atoms. The Morgan fingerprint density at radius 2 is 1.95 bits per heavy atom. The van der Waals surface area contributed by atoms with E-state index in [2.05, 4.69) is 0 Å². The number of phenols is 1. The van der Waals surface area contributed by atoms with Gasteiger partial charge in [0.2, 0.25) is 0 Å². The molecule has 1 heterocycles. The fraction of sp³-hybridized carbons (Fsp3) is 0.0556. The third-order valence-corrected chi connectivity index (χ3v) is 3.48. The van der Waals surface area contributed by atoms with Gasteiger partial charge in [-0.15, -0.1) is 0 Å². The number of phenolic OH excluding ortho intramolecular Hbond substituents is 1. The number of benzene rings is 1. The van der Waals surface area contributed by atoms with Gasteiger partial charge in [0.05, 0.1) is 0 Å². The standard InChI is InChI=1S/C18H14O4/c1-11-10-16(21)22-18-13(11)7-9-15(20)17(18)14(19)8-6-12-4-2-3-5-12/h2-10,19-20H,1H3. The summed E-state index contributed by atoms with van der Waals surface area (Å²) < 4.78 is 5.18. The topological polar surface area (TPSA) is 70.7 Å². The lowest BCUT2D eigenvalue weighted by molar-refractivity contribution is 0.457. The van der Waals surface area contributed by atoms with Crippen molar-refractivity contribution in [3.05, 3.63) is 81.8 Å². The number of hydrogen-bond acceptors (Lipinski definition) is 4. The zero-order valence-electron chi connectivity index (χ0n) is 11.9. The van der Waals surface area contributed by atoms with Crippen molar-refractivity contribution in [1.29, 1.82) is 0 Å². The van der Waals surface area contributed by atoms with E-state index >= 15 is 0 Å². The van der Waals surface area contributed by atoms with Crippen LogP contribution in [0.25, 0.3) is 16.7 Å². The maximum absolute atomic E-state index is 11.6. The Bertz CT molecular complexity index is 910. The molecule has 0 amide bonds. The number of fused-ring (bicyclic) bond motifs is 1. The van der Waals surface area contributed by atoms with Gasteiger partial charge in [0, 0.05) is 11.5 Å². The predicted octanol–water partition coefficient (Wildman–Crippen LogP) is 3.76. The van der Waals surface area contributed by atoms with Crippen LogP contribution in [0.4, 0.5) is 0 Å². The van der Waals surface area contributed by atoms with Crippen molar-refractivity contribution in [2.45, 2.75) is 6.92 Å². The number of aliphatic hydroxyl groups is 1. The molecule has 0 saturated heterocycles. The smallest absolute Gasteiger partial charge is 0.336 e. The first-order valence-electron chi connectivity index (χ1n) is 6.79. The molecule has 0 saturated carbocycles. The van der Waals surface area contributed by atoms with Crippen molar-refractivity contribution in [1.82, 2.24) is 0 Å². The summed E-state index contributed by atoms with van der Waals surface area (Å²) in [6.45, 7) is 1.77.